The Morgan fingerprint density at radius 1 is 0.462 bits per heavy atom. The predicted molar refractivity (Wildman–Crippen MR) is 116 cm³/mol. The molecule has 1 unspecified atom stereocenters. The van der Waals surface area contributed by atoms with E-state index >= 15 is 0 Å². The summed E-state index contributed by atoms with van der Waals surface area (Å²) in [5.41, 5.74) is 0. The molecule has 0 aromatic heterocycles. The zero-order chi connectivity index (χ0) is 19.1. The van der Waals surface area contributed by atoms with Gasteiger partial charge < -0.3 is 10.2 Å². The Balaban J connectivity index is 3.01. The highest BCUT2D eigenvalue weighted by molar-refractivity contribution is 4.55. The van der Waals surface area contributed by atoms with Gasteiger partial charge in [-0.05, 0) is 12.8 Å². The first kappa shape index (κ1) is 25.9. The van der Waals surface area contributed by atoms with Crippen molar-refractivity contribution in [3.8, 4) is 0 Å². The number of hydrogen-bond acceptors (Lipinski definition) is 2. The van der Waals surface area contributed by atoms with Gasteiger partial charge in [-0.2, -0.15) is 0 Å². The molecular formula is C24H50O2. The van der Waals surface area contributed by atoms with Crippen molar-refractivity contribution in [3.63, 3.8) is 0 Å². The molecule has 0 aliphatic heterocycles. The lowest BCUT2D eigenvalue weighted by atomic mass is 10.0. The van der Waals surface area contributed by atoms with Crippen LogP contribution in [0.15, 0.2) is 0 Å². The van der Waals surface area contributed by atoms with Crippen LogP contribution >= 0.6 is 0 Å². The minimum atomic E-state index is -0.286. The highest BCUT2D eigenvalue weighted by Crippen LogP contribution is 2.15. The summed E-state index contributed by atoms with van der Waals surface area (Å²) in [5, 5.41) is 18.3. The average Bonchev–Trinajstić information content (AvgIpc) is 2.64. The molecule has 0 amide bonds. The first-order valence-electron chi connectivity index (χ1n) is 12.1. The van der Waals surface area contributed by atoms with Crippen LogP contribution in [0.1, 0.15) is 142 Å². The van der Waals surface area contributed by atoms with Gasteiger partial charge in [-0.3, -0.25) is 0 Å². The molecule has 0 rings (SSSR count). The maximum atomic E-state index is 9.53. The van der Waals surface area contributed by atoms with E-state index in [2.05, 4.69) is 6.92 Å². The van der Waals surface area contributed by atoms with Gasteiger partial charge in [-0.15, -0.1) is 0 Å². The van der Waals surface area contributed by atoms with E-state index in [-0.39, 0.29) is 12.7 Å². The zero-order valence-electron chi connectivity index (χ0n) is 18.0. The first-order valence-corrected chi connectivity index (χ1v) is 12.1. The van der Waals surface area contributed by atoms with Gasteiger partial charge in [0.15, 0.2) is 0 Å². The van der Waals surface area contributed by atoms with Gasteiger partial charge >= 0.3 is 0 Å². The third kappa shape index (κ3) is 22.0. The lowest BCUT2D eigenvalue weighted by Gasteiger charge is -2.08. The summed E-state index contributed by atoms with van der Waals surface area (Å²) in [5.74, 6) is 0. The molecule has 0 aliphatic rings. The van der Waals surface area contributed by atoms with E-state index < -0.39 is 0 Å². The van der Waals surface area contributed by atoms with Gasteiger partial charge in [-0.25, -0.2) is 0 Å². The van der Waals surface area contributed by atoms with Crippen LogP contribution in [0.3, 0.4) is 0 Å². The molecule has 2 nitrogen and oxygen atoms in total. The van der Waals surface area contributed by atoms with Crippen LogP contribution in [0.5, 0.6) is 0 Å². The van der Waals surface area contributed by atoms with Crippen LogP contribution in [-0.2, 0) is 0 Å². The Morgan fingerprint density at radius 2 is 0.769 bits per heavy atom. The Hall–Kier alpha value is -0.0800. The average molecular weight is 371 g/mol. The Morgan fingerprint density at radius 3 is 1.08 bits per heavy atom. The smallest absolute Gasteiger partial charge is 0.0562 e. The molecular weight excluding hydrogens is 320 g/mol. The molecule has 0 aromatic carbocycles. The minimum Gasteiger partial charge on any atom is -0.396 e. The van der Waals surface area contributed by atoms with Crippen LogP contribution in [-0.4, -0.2) is 22.9 Å². The molecule has 0 spiro atoms. The van der Waals surface area contributed by atoms with E-state index in [4.69, 9.17) is 5.11 Å². The quantitative estimate of drug-likeness (QED) is 0.193. The van der Waals surface area contributed by atoms with Crippen molar-refractivity contribution in [3.05, 3.63) is 0 Å². The van der Waals surface area contributed by atoms with Gasteiger partial charge in [0.05, 0.1) is 6.10 Å². The third-order valence-corrected chi connectivity index (χ3v) is 5.60. The number of aliphatic hydroxyl groups is 2. The number of aliphatic hydroxyl groups excluding tert-OH is 2. The summed E-state index contributed by atoms with van der Waals surface area (Å²) in [6, 6.07) is 0. The first-order chi connectivity index (χ1) is 12.8. The van der Waals surface area contributed by atoms with Crippen LogP contribution < -0.4 is 0 Å². The summed E-state index contributed by atoms with van der Waals surface area (Å²) in [6.07, 6.45) is 27.7. The van der Waals surface area contributed by atoms with Crippen LogP contribution in [0.25, 0.3) is 0 Å². The van der Waals surface area contributed by atoms with Crippen LogP contribution in [0.4, 0.5) is 0 Å². The Labute approximate surface area is 165 Å². The van der Waals surface area contributed by atoms with E-state index in [9.17, 15) is 5.11 Å². The SMILES string of the molecule is CCCCCCCCCCCCCCCCCCCCCC(O)CCO. The number of unbranched alkanes of at least 4 members (excludes halogenated alkanes) is 18. The highest BCUT2D eigenvalue weighted by Gasteiger charge is 2.02. The van der Waals surface area contributed by atoms with Crippen LogP contribution in [0.2, 0.25) is 0 Å². The normalized spacial score (nSPS) is 12.6. The number of hydrogen-bond donors (Lipinski definition) is 2. The van der Waals surface area contributed by atoms with Crippen molar-refractivity contribution in [1.29, 1.82) is 0 Å². The van der Waals surface area contributed by atoms with Crippen molar-refractivity contribution in [2.45, 2.75) is 148 Å². The fourth-order valence-corrected chi connectivity index (χ4v) is 3.75. The summed E-state index contributed by atoms with van der Waals surface area (Å²) >= 11 is 0. The zero-order valence-corrected chi connectivity index (χ0v) is 18.0. The monoisotopic (exact) mass is 370 g/mol. The highest BCUT2D eigenvalue weighted by atomic mass is 16.3. The molecule has 158 valence electrons. The summed E-state index contributed by atoms with van der Waals surface area (Å²) in [4.78, 5) is 0. The topological polar surface area (TPSA) is 40.5 Å². The Bertz CT molecular complexity index is 242. The standard InChI is InChI=1S/C24H50O2/c1-2-3-4-5-6-7-8-9-10-11-12-13-14-15-16-17-18-19-20-21-24(26)22-23-25/h24-26H,2-23H2,1H3. The maximum absolute atomic E-state index is 9.53. The van der Waals surface area contributed by atoms with Gasteiger partial charge in [0.1, 0.15) is 0 Å². The molecule has 0 fully saturated rings. The second-order valence-corrected chi connectivity index (χ2v) is 8.32. The largest absolute Gasteiger partial charge is 0.396 e. The molecule has 0 bridgehead atoms. The molecule has 1 atom stereocenters. The van der Waals surface area contributed by atoms with Crippen LogP contribution in [0, 0.1) is 0 Å². The summed E-state index contributed by atoms with van der Waals surface area (Å²) < 4.78 is 0. The molecule has 0 aliphatic carbocycles. The summed E-state index contributed by atoms with van der Waals surface area (Å²) in [7, 11) is 0. The van der Waals surface area contributed by atoms with Gasteiger partial charge in [0.2, 0.25) is 0 Å². The van der Waals surface area contributed by atoms with Gasteiger partial charge in [0.25, 0.3) is 0 Å². The second kappa shape index (κ2) is 23.0. The van der Waals surface area contributed by atoms with E-state index in [1.807, 2.05) is 0 Å². The molecule has 0 radical (unpaired) electrons. The minimum absolute atomic E-state index is 0.111. The second-order valence-electron chi connectivity index (χ2n) is 8.32. The van der Waals surface area contributed by atoms with Crippen molar-refractivity contribution in [2.75, 3.05) is 6.61 Å². The molecule has 0 aromatic rings. The van der Waals surface area contributed by atoms with Crippen molar-refractivity contribution in [2.24, 2.45) is 0 Å². The fraction of sp³-hybridized carbons (Fsp3) is 1.00. The fourth-order valence-electron chi connectivity index (χ4n) is 3.75. The Kier molecular flexibility index (Phi) is 22.9. The lowest BCUT2D eigenvalue weighted by molar-refractivity contribution is 0.122. The lowest BCUT2D eigenvalue weighted by Crippen LogP contribution is -2.08. The van der Waals surface area contributed by atoms with Gasteiger partial charge in [0, 0.05) is 6.61 Å². The van der Waals surface area contributed by atoms with Crippen molar-refractivity contribution in [1.82, 2.24) is 0 Å². The van der Waals surface area contributed by atoms with Crippen molar-refractivity contribution >= 4 is 0 Å². The molecule has 2 heteroatoms. The molecule has 0 heterocycles. The van der Waals surface area contributed by atoms with E-state index in [1.54, 1.807) is 0 Å². The molecule has 0 saturated heterocycles. The van der Waals surface area contributed by atoms with E-state index in [1.165, 1.54) is 116 Å². The van der Waals surface area contributed by atoms with Gasteiger partial charge in [-0.1, -0.05) is 129 Å². The molecule has 26 heavy (non-hydrogen) atoms. The number of rotatable bonds is 22. The van der Waals surface area contributed by atoms with E-state index in [0.29, 0.717) is 6.42 Å². The molecule has 2 N–H and O–H groups in total. The van der Waals surface area contributed by atoms with Crippen molar-refractivity contribution < 1.29 is 10.2 Å². The van der Waals surface area contributed by atoms with E-state index in [0.717, 1.165) is 12.8 Å². The third-order valence-electron chi connectivity index (χ3n) is 5.60. The summed E-state index contributed by atoms with van der Waals surface area (Å²) in [6.45, 7) is 2.40. The predicted octanol–water partition coefficient (Wildman–Crippen LogP) is 7.55. The molecule has 0 saturated carbocycles. The maximum Gasteiger partial charge on any atom is 0.0562 e.